The number of carbonyl (C=O) groups is 1. The number of hydrogen-bond donors (Lipinski definition) is 1. The van der Waals surface area contributed by atoms with Crippen molar-refractivity contribution in [2.75, 3.05) is 5.32 Å². The summed E-state index contributed by atoms with van der Waals surface area (Å²) in [5.74, 6) is -3.42. The Labute approximate surface area is 82.9 Å². The van der Waals surface area contributed by atoms with Crippen molar-refractivity contribution in [2.24, 2.45) is 0 Å². The van der Waals surface area contributed by atoms with Gasteiger partial charge >= 0.3 is 0 Å². The number of nitro groups is 1. The van der Waals surface area contributed by atoms with E-state index >= 15 is 0 Å². The van der Waals surface area contributed by atoms with Gasteiger partial charge in [-0.25, -0.2) is 8.78 Å². The van der Waals surface area contributed by atoms with Crippen molar-refractivity contribution in [3.8, 4) is 0 Å². The van der Waals surface area contributed by atoms with Crippen LogP contribution in [0, 0.1) is 21.7 Å². The molecule has 0 bridgehead atoms. The highest BCUT2D eigenvalue weighted by atomic mass is 19.2. The van der Waals surface area contributed by atoms with E-state index in [-0.39, 0.29) is 0 Å². The second kappa shape index (κ2) is 3.99. The first-order valence-electron chi connectivity index (χ1n) is 3.83. The molecule has 0 spiro atoms. The summed E-state index contributed by atoms with van der Waals surface area (Å²) in [6.45, 7) is 1.04. The van der Waals surface area contributed by atoms with Crippen molar-refractivity contribution < 1.29 is 18.5 Å². The number of nitrogens with zero attached hydrogens (tertiary/aromatic N) is 1. The molecule has 0 saturated heterocycles. The minimum absolute atomic E-state index is 0.624. The first kappa shape index (κ1) is 11.0. The molecule has 5 nitrogen and oxygen atoms in total. The first-order valence-corrected chi connectivity index (χ1v) is 3.83. The molecule has 0 aliphatic rings. The lowest BCUT2D eigenvalue weighted by Crippen LogP contribution is -2.10. The van der Waals surface area contributed by atoms with E-state index in [2.05, 4.69) is 0 Å². The smallest absolute Gasteiger partial charge is 0.296 e. The third-order valence-corrected chi connectivity index (χ3v) is 1.57. The van der Waals surface area contributed by atoms with Crippen LogP contribution in [-0.2, 0) is 4.79 Å². The minimum Gasteiger partial charge on any atom is -0.318 e. The number of halogens is 2. The number of amides is 1. The maximum atomic E-state index is 13.1. The van der Waals surface area contributed by atoms with Crippen molar-refractivity contribution in [1.29, 1.82) is 0 Å². The average Bonchev–Trinajstić information content (AvgIpc) is 2.12. The van der Waals surface area contributed by atoms with E-state index in [1.54, 1.807) is 0 Å². The molecule has 0 fully saturated rings. The van der Waals surface area contributed by atoms with Crippen LogP contribution in [0.15, 0.2) is 12.1 Å². The van der Waals surface area contributed by atoms with Crippen LogP contribution in [0.1, 0.15) is 6.92 Å². The third-order valence-electron chi connectivity index (χ3n) is 1.57. The van der Waals surface area contributed by atoms with Gasteiger partial charge in [0.1, 0.15) is 0 Å². The van der Waals surface area contributed by atoms with Gasteiger partial charge in [-0.2, -0.15) is 0 Å². The van der Waals surface area contributed by atoms with Crippen LogP contribution in [0.25, 0.3) is 0 Å². The van der Waals surface area contributed by atoms with Crippen LogP contribution in [0.2, 0.25) is 0 Å². The van der Waals surface area contributed by atoms with Gasteiger partial charge in [0.05, 0.1) is 4.92 Å². The quantitative estimate of drug-likeness (QED) is 0.605. The van der Waals surface area contributed by atoms with E-state index in [1.807, 2.05) is 5.32 Å². The number of anilines is 1. The lowest BCUT2D eigenvalue weighted by Gasteiger charge is -2.04. The number of nitrogens with one attached hydrogen (secondary N) is 1. The highest BCUT2D eigenvalue weighted by Crippen LogP contribution is 2.28. The molecule has 0 aliphatic carbocycles. The minimum atomic E-state index is -1.44. The summed E-state index contributed by atoms with van der Waals surface area (Å²) in [4.78, 5) is 20.2. The summed E-state index contributed by atoms with van der Waals surface area (Å²) in [6.07, 6.45) is 0. The Hall–Kier alpha value is -2.05. The van der Waals surface area contributed by atoms with Crippen LogP contribution < -0.4 is 5.32 Å². The summed E-state index contributed by atoms with van der Waals surface area (Å²) in [5, 5.41) is 12.3. The Morgan fingerprint density at radius 1 is 1.47 bits per heavy atom. The van der Waals surface area contributed by atoms with Gasteiger partial charge in [0.25, 0.3) is 5.69 Å². The summed E-state index contributed by atoms with van der Waals surface area (Å²) in [7, 11) is 0. The van der Waals surface area contributed by atoms with E-state index in [0.717, 1.165) is 13.0 Å². The molecular weight excluding hydrogens is 210 g/mol. The Balaban J connectivity index is 3.34. The number of carbonyl (C=O) groups excluding carboxylic acids is 1. The fourth-order valence-corrected chi connectivity index (χ4v) is 0.988. The summed E-state index contributed by atoms with van der Waals surface area (Å²) < 4.78 is 25.8. The second-order valence-corrected chi connectivity index (χ2v) is 2.69. The molecule has 80 valence electrons. The Bertz CT molecular complexity index is 434. The number of nitro benzene ring substituents is 1. The monoisotopic (exact) mass is 216 g/mol. The van der Waals surface area contributed by atoms with E-state index < -0.39 is 33.8 Å². The van der Waals surface area contributed by atoms with Crippen molar-refractivity contribution >= 4 is 17.3 Å². The molecule has 1 aromatic carbocycles. The molecule has 0 saturated carbocycles. The van der Waals surface area contributed by atoms with Gasteiger partial charge < -0.3 is 5.32 Å². The van der Waals surface area contributed by atoms with Crippen LogP contribution >= 0.6 is 0 Å². The lowest BCUT2D eigenvalue weighted by atomic mass is 10.2. The molecule has 7 heteroatoms. The van der Waals surface area contributed by atoms with E-state index in [9.17, 15) is 23.7 Å². The zero-order chi connectivity index (χ0) is 11.6. The normalized spacial score (nSPS) is 9.80. The maximum Gasteiger partial charge on any atom is 0.296 e. The predicted molar refractivity (Wildman–Crippen MR) is 47.3 cm³/mol. The van der Waals surface area contributed by atoms with Gasteiger partial charge in [0, 0.05) is 13.0 Å². The SMILES string of the molecule is CC(=O)Nc1c([N+](=O)[O-])ccc(F)c1F. The van der Waals surface area contributed by atoms with Crippen molar-refractivity contribution in [3.63, 3.8) is 0 Å². The molecule has 1 aromatic rings. The van der Waals surface area contributed by atoms with Crippen LogP contribution in [0.4, 0.5) is 20.2 Å². The first-order chi connectivity index (χ1) is 6.93. The molecule has 0 aromatic heterocycles. The molecule has 0 unspecified atom stereocenters. The van der Waals surface area contributed by atoms with E-state index in [4.69, 9.17) is 0 Å². The largest absolute Gasteiger partial charge is 0.318 e. The highest BCUT2D eigenvalue weighted by molar-refractivity contribution is 5.91. The van der Waals surface area contributed by atoms with Crippen molar-refractivity contribution in [1.82, 2.24) is 0 Å². The van der Waals surface area contributed by atoms with Gasteiger partial charge in [0.15, 0.2) is 17.3 Å². The molecule has 1 N–H and O–H groups in total. The molecule has 0 radical (unpaired) electrons. The van der Waals surface area contributed by atoms with Gasteiger partial charge in [-0.15, -0.1) is 0 Å². The summed E-state index contributed by atoms with van der Waals surface area (Å²) in [6, 6.07) is 1.41. The van der Waals surface area contributed by atoms with Crippen LogP contribution in [0.3, 0.4) is 0 Å². The van der Waals surface area contributed by atoms with Crippen molar-refractivity contribution in [3.05, 3.63) is 33.9 Å². The van der Waals surface area contributed by atoms with Gasteiger partial charge in [0.2, 0.25) is 5.91 Å². The molecule has 0 heterocycles. The van der Waals surface area contributed by atoms with E-state index in [0.29, 0.717) is 6.07 Å². The second-order valence-electron chi connectivity index (χ2n) is 2.69. The Kier molecular flexibility index (Phi) is 2.93. The molecular formula is C8H6F2N2O3. The summed E-state index contributed by atoms with van der Waals surface area (Å²) in [5.41, 5.74) is -1.45. The number of rotatable bonds is 2. The highest BCUT2D eigenvalue weighted by Gasteiger charge is 2.22. The predicted octanol–water partition coefficient (Wildman–Crippen LogP) is 1.83. The maximum absolute atomic E-state index is 13.1. The lowest BCUT2D eigenvalue weighted by molar-refractivity contribution is -0.384. The number of hydrogen-bond acceptors (Lipinski definition) is 3. The topological polar surface area (TPSA) is 72.2 Å². The third kappa shape index (κ3) is 2.25. The van der Waals surface area contributed by atoms with Crippen molar-refractivity contribution in [2.45, 2.75) is 6.92 Å². The van der Waals surface area contributed by atoms with Gasteiger partial charge in [-0.05, 0) is 6.07 Å². The van der Waals surface area contributed by atoms with Gasteiger partial charge in [-0.3, -0.25) is 14.9 Å². The average molecular weight is 216 g/mol. The molecule has 0 atom stereocenters. The van der Waals surface area contributed by atoms with Crippen LogP contribution in [0.5, 0.6) is 0 Å². The zero-order valence-electron chi connectivity index (χ0n) is 7.58. The summed E-state index contributed by atoms with van der Waals surface area (Å²) >= 11 is 0. The number of benzene rings is 1. The Morgan fingerprint density at radius 2 is 2.07 bits per heavy atom. The standard InChI is InChI=1S/C8H6F2N2O3/c1-4(13)11-8-6(12(14)15)3-2-5(9)7(8)10/h2-3H,1H3,(H,11,13). The van der Waals surface area contributed by atoms with Gasteiger partial charge in [-0.1, -0.05) is 0 Å². The molecule has 1 amide bonds. The zero-order valence-corrected chi connectivity index (χ0v) is 7.58. The molecule has 15 heavy (non-hydrogen) atoms. The molecule has 0 aliphatic heterocycles. The van der Waals surface area contributed by atoms with E-state index in [1.165, 1.54) is 0 Å². The molecule has 1 rings (SSSR count). The fourth-order valence-electron chi connectivity index (χ4n) is 0.988. The van der Waals surface area contributed by atoms with Crippen LogP contribution in [-0.4, -0.2) is 10.8 Å². The fraction of sp³-hybridized carbons (Fsp3) is 0.125. The Morgan fingerprint density at radius 3 is 2.53 bits per heavy atom.